The molecule has 0 spiro atoms. The van der Waals surface area contributed by atoms with Crippen LogP contribution in [0.1, 0.15) is 157 Å². The van der Waals surface area contributed by atoms with Crippen LogP contribution in [0.15, 0.2) is 0 Å². The van der Waals surface area contributed by atoms with Gasteiger partial charge in [0.15, 0.2) is 0 Å². The van der Waals surface area contributed by atoms with Crippen molar-refractivity contribution in [2.45, 2.75) is 163 Å². The molecule has 0 heterocycles. The van der Waals surface area contributed by atoms with E-state index in [-0.39, 0.29) is 12.1 Å². The lowest BCUT2D eigenvalue weighted by molar-refractivity contribution is -0.150. The van der Waals surface area contributed by atoms with Gasteiger partial charge >= 0.3 is 11.9 Å². The Hall–Kier alpha value is -1.06. The van der Waals surface area contributed by atoms with E-state index in [0.717, 1.165) is 57.3 Å². The zero-order valence-corrected chi connectivity index (χ0v) is 22.3. The second kappa shape index (κ2) is 26.2. The van der Waals surface area contributed by atoms with Crippen LogP contribution in [0.5, 0.6) is 0 Å². The summed E-state index contributed by atoms with van der Waals surface area (Å²) in [4.78, 5) is 22.0. The molecule has 0 fully saturated rings. The zero-order chi connectivity index (χ0) is 24.5. The first-order valence-electron chi connectivity index (χ1n) is 13.9. The number of carbonyl (C=O) groups excluding carboxylic acids is 1. The van der Waals surface area contributed by atoms with Crippen molar-refractivity contribution in [2.75, 3.05) is 0 Å². The molecular weight excluding hydrogens is 400 g/mol. The molecule has 0 amide bonds. The smallest absolute Gasteiger partial charge is 0.306 e. The highest BCUT2D eigenvalue weighted by atomic mass is 16.5. The number of esters is 1. The third-order valence-corrected chi connectivity index (χ3v) is 6.10. The standard InChI is InChI=1S/C22H44O2.C6H12O2/c1-5-9-12-14-16-21(24-22(23)17-13-10-6-2)19-18-20(8-4)15-11-7-3;1-2-3-4-5-6(7)8/h20-21H,5-19H2,1-4H3;2-5H2,1H3,(H,7,8). The number of hydrogen-bond acceptors (Lipinski definition) is 3. The predicted octanol–water partition coefficient (Wildman–Crippen LogP) is 9.10. The Bertz CT molecular complexity index is 408. The Morgan fingerprint density at radius 2 is 1.19 bits per heavy atom. The lowest BCUT2D eigenvalue weighted by Gasteiger charge is -2.21. The first-order chi connectivity index (χ1) is 15.4. The van der Waals surface area contributed by atoms with Gasteiger partial charge in [0.05, 0.1) is 0 Å². The van der Waals surface area contributed by atoms with Gasteiger partial charge in [0.2, 0.25) is 0 Å². The van der Waals surface area contributed by atoms with E-state index in [1.165, 1.54) is 57.8 Å². The van der Waals surface area contributed by atoms with Gasteiger partial charge in [-0.15, -0.1) is 0 Å². The number of aliphatic carboxylic acids is 1. The molecule has 2 unspecified atom stereocenters. The Morgan fingerprint density at radius 3 is 1.72 bits per heavy atom. The van der Waals surface area contributed by atoms with E-state index in [1.807, 2.05) is 0 Å². The molecule has 192 valence electrons. The van der Waals surface area contributed by atoms with E-state index < -0.39 is 5.97 Å². The van der Waals surface area contributed by atoms with Gasteiger partial charge in [-0.1, -0.05) is 105 Å². The van der Waals surface area contributed by atoms with Crippen LogP contribution in [0.3, 0.4) is 0 Å². The minimum Gasteiger partial charge on any atom is -0.481 e. The Morgan fingerprint density at radius 1 is 0.625 bits per heavy atom. The molecule has 0 aliphatic heterocycles. The fraction of sp³-hybridized carbons (Fsp3) is 0.929. The van der Waals surface area contributed by atoms with Gasteiger partial charge in [0.1, 0.15) is 6.10 Å². The molecule has 4 nitrogen and oxygen atoms in total. The zero-order valence-electron chi connectivity index (χ0n) is 22.3. The van der Waals surface area contributed by atoms with Crippen LogP contribution in [0.2, 0.25) is 0 Å². The van der Waals surface area contributed by atoms with Gasteiger partial charge in [-0.05, 0) is 44.4 Å². The van der Waals surface area contributed by atoms with Gasteiger partial charge in [0, 0.05) is 12.8 Å². The molecule has 0 aromatic heterocycles. The largest absolute Gasteiger partial charge is 0.481 e. The van der Waals surface area contributed by atoms with Crippen LogP contribution in [-0.2, 0) is 14.3 Å². The van der Waals surface area contributed by atoms with E-state index in [9.17, 15) is 9.59 Å². The van der Waals surface area contributed by atoms with Crippen LogP contribution < -0.4 is 0 Å². The average Bonchev–Trinajstić information content (AvgIpc) is 2.77. The molecule has 0 saturated carbocycles. The molecule has 0 radical (unpaired) electrons. The number of rotatable bonds is 21. The fourth-order valence-corrected chi connectivity index (χ4v) is 3.82. The highest BCUT2D eigenvalue weighted by Gasteiger charge is 2.16. The van der Waals surface area contributed by atoms with Crippen LogP contribution in [-0.4, -0.2) is 23.1 Å². The van der Waals surface area contributed by atoms with Crippen molar-refractivity contribution in [3.63, 3.8) is 0 Å². The molecule has 0 aromatic rings. The summed E-state index contributed by atoms with van der Waals surface area (Å²) < 4.78 is 5.84. The second-order valence-corrected chi connectivity index (χ2v) is 9.26. The molecular formula is C28H56O4. The monoisotopic (exact) mass is 456 g/mol. The highest BCUT2D eigenvalue weighted by Crippen LogP contribution is 2.23. The summed E-state index contributed by atoms with van der Waals surface area (Å²) in [5, 5.41) is 8.14. The third-order valence-electron chi connectivity index (χ3n) is 6.10. The first kappa shape index (κ1) is 33.1. The van der Waals surface area contributed by atoms with Gasteiger partial charge in [-0.2, -0.15) is 0 Å². The van der Waals surface area contributed by atoms with Crippen molar-refractivity contribution < 1.29 is 19.4 Å². The van der Waals surface area contributed by atoms with E-state index in [0.29, 0.717) is 12.8 Å². The number of carboxylic acids is 1. The Balaban J connectivity index is 0. The topological polar surface area (TPSA) is 63.6 Å². The number of carboxylic acid groups (broad SMARTS) is 1. The molecule has 2 atom stereocenters. The molecule has 4 heteroatoms. The number of unbranched alkanes of at least 4 members (excludes halogenated alkanes) is 8. The van der Waals surface area contributed by atoms with Gasteiger partial charge in [-0.25, -0.2) is 0 Å². The SMILES string of the molecule is CCCCCC(=O)O.CCCCCCC(CCC(CC)CCCC)OC(=O)CCCCC. The van der Waals surface area contributed by atoms with Crippen molar-refractivity contribution in [2.24, 2.45) is 5.92 Å². The fourth-order valence-electron chi connectivity index (χ4n) is 3.82. The van der Waals surface area contributed by atoms with E-state index in [4.69, 9.17) is 9.84 Å². The van der Waals surface area contributed by atoms with Crippen molar-refractivity contribution in [1.29, 1.82) is 0 Å². The molecule has 0 rings (SSSR count). The van der Waals surface area contributed by atoms with Crippen molar-refractivity contribution in [1.82, 2.24) is 0 Å². The Kier molecular flexibility index (Phi) is 27.1. The predicted molar refractivity (Wildman–Crippen MR) is 137 cm³/mol. The van der Waals surface area contributed by atoms with Gasteiger partial charge in [-0.3, -0.25) is 9.59 Å². The second-order valence-electron chi connectivity index (χ2n) is 9.26. The maximum atomic E-state index is 12.1. The van der Waals surface area contributed by atoms with Gasteiger partial charge in [0.25, 0.3) is 0 Å². The van der Waals surface area contributed by atoms with Crippen molar-refractivity contribution in [3.8, 4) is 0 Å². The molecule has 0 bridgehead atoms. The molecule has 0 aliphatic rings. The van der Waals surface area contributed by atoms with Crippen molar-refractivity contribution in [3.05, 3.63) is 0 Å². The highest BCUT2D eigenvalue weighted by molar-refractivity contribution is 5.69. The molecule has 0 saturated heterocycles. The van der Waals surface area contributed by atoms with Crippen molar-refractivity contribution >= 4 is 11.9 Å². The van der Waals surface area contributed by atoms with Crippen LogP contribution in [0.25, 0.3) is 0 Å². The summed E-state index contributed by atoms with van der Waals surface area (Å²) in [5.41, 5.74) is 0. The summed E-state index contributed by atoms with van der Waals surface area (Å²) in [6, 6.07) is 0. The van der Waals surface area contributed by atoms with Crippen LogP contribution >= 0.6 is 0 Å². The number of carbonyl (C=O) groups is 2. The summed E-state index contributed by atoms with van der Waals surface area (Å²) in [7, 11) is 0. The summed E-state index contributed by atoms with van der Waals surface area (Å²) in [6.45, 7) is 11.0. The molecule has 1 N–H and O–H groups in total. The summed E-state index contributed by atoms with van der Waals surface area (Å²) >= 11 is 0. The minimum absolute atomic E-state index is 0.0329. The lowest BCUT2D eigenvalue weighted by Crippen LogP contribution is -2.19. The van der Waals surface area contributed by atoms with Crippen LogP contribution in [0, 0.1) is 5.92 Å². The van der Waals surface area contributed by atoms with E-state index in [1.54, 1.807) is 0 Å². The molecule has 0 aromatic carbocycles. The lowest BCUT2D eigenvalue weighted by atomic mass is 9.92. The Labute approximate surface area is 200 Å². The normalized spacial score (nSPS) is 12.5. The third kappa shape index (κ3) is 25.2. The maximum Gasteiger partial charge on any atom is 0.306 e. The summed E-state index contributed by atoms with van der Waals surface area (Å²) in [6.07, 6.45) is 20.9. The van der Waals surface area contributed by atoms with E-state index in [2.05, 4.69) is 34.6 Å². The molecule has 0 aliphatic carbocycles. The number of hydrogen-bond donors (Lipinski definition) is 1. The van der Waals surface area contributed by atoms with Gasteiger partial charge < -0.3 is 9.84 Å². The van der Waals surface area contributed by atoms with E-state index >= 15 is 0 Å². The van der Waals surface area contributed by atoms with Crippen LogP contribution in [0.4, 0.5) is 0 Å². The molecule has 32 heavy (non-hydrogen) atoms. The maximum absolute atomic E-state index is 12.1. The minimum atomic E-state index is -0.682. The number of ether oxygens (including phenoxy) is 1. The average molecular weight is 457 g/mol. The summed E-state index contributed by atoms with van der Waals surface area (Å²) in [5.74, 6) is 0.158. The quantitative estimate of drug-likeness (QED) is 0.138. The first-order valence-corrected chi connectivity index (χ1v) is 13.9.